The summed E-state index contributed by atoms with van der Waals surface area (Å²) in [5, 5.41) is 7.29. The summed E-state index contributed by atoms with van der Waals surface area (Å²) in [5.74, 6) is 2.37. The number of nitrogens with zero attached hydrogens (tertiary/aromatic N) is 1. The van der Waals surface area contributed by atoms with Crippen LogP contribution < -0.4 is 20.1 Å². The lowest BCUT2D eigenvalue weighted by atomic mass is 10.2. The van der Waals surface area contributed by atoms with Gasteiger partial charge >= 0.3 is 6.61 Å². The second-order valence-corrected chi connectivity index (χ2v) is 7.59. The Labute approximate surface area is 181 Å². The fraction of sp³-hybridized carbons (Fsp3) is 0.611. The molecule has 0 heterocycles. The number of methoxy groups -OCH3 is 1. The van der Waals surface area contributed by atoms with Gasteiger partial charge in [0.25, 0.3) is 0 Å². The van der Waals surface area contributed by atoms with E-state index < -0.39 is 6.61 Å². The van der Waals surface area contributed by atoms with Crippen LogP contribution in [-0.4, -0.2) is 43.8 Å². The first-order valence-electron chi connectivity index (χ1n) is 8.76. The summed E-state index contributed by atoms with van der Waals surface area (Å²) in [5.41, 5.74) is 0.611. The van der Waals surface area contributed by atoms with Gasteiger partial charge in [0, 0.05) is 36.5 Å². The fourth-order valence-electron chi connectivity index (χ4n) is 3.04. The summed E-state index contributed by atoms with van der Waals surface area (Å²) in [7, 11) is 3.18. The Morgan fingerprint density at radius 3 is 2.78 bits per heavy atom. The van der Waals surface area contributed by atoms with E-state index in [4.69, 9.17) is 4.74 Å². The van der Waals surface area contributed by atoms with Crippen molar-refractivity contribution in [2.24, 2.45) is 4.99 Å². The van der Waals surface area contributed by atoms with E-state index in [-0.39, 0.29) is 29.7 Å². The molecule has 1 aliphatic rings. The third kappa shape index (κ3) is 7.89. The van der Waals surface area contributed by atoms with Crippen molar-refractivity contribution in [3.05, 3.63) is 23.8 Å². The van der Waals surface area contributed by atoms with Crippen LogP contribution in [-0.2, 0) is 6.54 Å². The molecule has 0 spiro atoms. The number of halogens is 3. The Kier molecular flexibility index (Phi) is 11.1. The van der Waals surface area contributed by atoms with E-state index in [0.29, 0.717) is 35.1 Å². The van der Waals surface area contributed by atoms with Crippen molar-refractivity contribution >= 4 is 41.7 Å². The topological polar surface area (TPSA) is 54.9 Å². The molecule has 0 radical (unpaired) electrons. The van der Waals surface area contributed by atoms with Gasteiger partial charge in [0.15, 0.2) is 5.96 Å². The fourth-order valence-corrected chi connectivity index (χ4v) is 4.18. The zero-order valence-electron chi connectivity index (χ0n) is 15.8. The quantitative estimate of drug-likeness (QED) is 0.308. The van der Waals surface area contributed by atoms with Crippen molar-refractivity contribution in [1.82, 2.24) is 10.6 Å². The van der Waals surface area contributed by atoms with E-state index in [1.54, 1.807) is 19.2 Å². The average Bonchev–Trinajstić information content (AvgIpc) is 3.06. The Balaban J connectivity index is 0.00000364. The molecule has 9 heteroatoms. The molecule has 0 aliphatic heterocycles. The maximum atomic E-state index is 12.6. The molecule has 1 aromatic carbocycles. The van der Waals surface area contributed by atoms with Crippen LogP contribution in [0.2, 0.25) is 0 Å². The maximum Gasteiger partial charge on any atom is 0.387 e. The largest absolute Gasteiger partial charge is 0.497 e. The van der Waals surface area contributed by atoms with Gasteiger partial charge in [0.1, 0.15) is 11.5 Å². The molecule has 2 rings (SSSR count). The SMILES string of the molecule is CCSC1CCC(NC(=NC)NCc2ccc(OC)cc2OC(F)F)C1.I. The first-order valence-corrected chi connectivity index (χ1v) is 9.81. The van der Waals surface area contributed by atoms with E-state index in [1.807, 2.05) is 11.8 Å². The molecule has 2 N–H and O–H groups in total. The normalized spacial score (nSPS) is 19.6. The van der Waals surface area contributed by atoms with Crippen LogP contribution in [0.3, 0.4) is 0 Å². The van der Waals surface area contributed by atoms with Gasteiger partial charge in [-0.05, 0) is 37.1 Å². The molecule has 0 bridgehead atoms. The van der Waals surface area contributed by atoms with E-state index >= 15 is 0 Å². The number of hydrogen-bond acceptors (Lipinski definition) is 4. The summed E-state index contributed by atoms with van der Waals surface area (Å²) in [6.07, 6.45) is 3.43. The van der Waals surface area contributed by atoms with Crippen LogP contribution >= 0.6 is 35.7 Å². The summed E-state index contributed by atoms with van der Waals surface area (Å²) in [6.45, 7) is -0.379. The Bertz CT molecular complexity index is 608. The van der Waals surface area contributed by atoms with E-state index in [0.717, 1.165) is 18.6 Å². The van der Waals surface area contributed by atoms with Crippen LogP contribution in [0.5, 0.6) is 11.5 Å². The van der Waals surface area contributed by atoms with Gasteiger partial charge in [0.2, 0.25) is 0 Å². The van der Waals surface area contributed by atoms with Gasteiger partial charge in [-0.25, -0.2) is 0 Å². The molecular weight excluding hydrogens is 487 g/mol. The number of rotatable bonds is 8. The van der Waals surface area contributed by atoms with Gasteiger partial charge in [-0.2, -0.15) is 20.5 Å². The second-order valence-electron chi connectivity index (χ2n) is 6.01. The molecular formula is C18H28F2IN3O2S. The standard InChI is InChI=1S/C18H27F2N3O2S.HI/c1-4-26-15-8-6-13(9-15)23-18(21-2)22-11-12-5-7-14(24-3)10-16(12)25-17(19)20;/h5,7,10,13,15,17H,4,6,8-9,11H2,1-3H3,(H2,21,22,23);1H. The van der Waals surface area contributed by atoms with Crippen molar-refractivity contribution in [3.63, 3.8) is 0 Å². The number of hydrogen-bond donors (Lipinski definition) is 2. The third-order valence-electron chi connectivity index (χ3n) is 4.29. The number of nitrogens with one attached hydrogen (secondary N) is 2. The van der Waals surface area contributed by atoms with E-state index in [9.17, 15) is 8.78 Å². The highest BCUT2D eigenvalue weighted by Crippen LogP contribution is 2.30. The number of alkyl halides is 2. The van der Waals surface area contributed by atoms with Crippen LogP contribution in [0.25, 0.3) is 0 Å². The van der Waals surface area contributed by atoms with Crippen molar-refractivity contribution < 1.29 is 18.3 Å². The van der Waals surface area contributed by atoms with Gasteiger partial charge in [-0.15, -0.1) is 24.0 Å². The van der Waals surface area contributed by atoms with E-state index in [2.05, 4.69) is 27.3 Å². The highest BCUT2D eigenvalue weighted by molar-refractivity contribution is 14.0. The maximum absolute atomic E-state index is 12.6. The van der Waals surface area contributed by atoms with Gasteiger partial charge in [-0.3, -0.25) is 4.99 Å². The number of guanidine groups is 1. The van der Waals surface area contributed by atoms with Gasteiger partial charge in [0.05, 0.1) is 7.11 Å². The minimum atomic E-state index is -2.88. The monoisotopic (exact) mass is 515 g/mol. The molecule has 1 saturated carbocycles. The number of ether oxygens (including phenoxy) is 2. The van der Waals surface area contributed by atoms with Gasteiger partial charge in [-0.1, -0.05) is 6.92 Å². The minimum absolute atomic E-state index is 0. The molecule has 0 aromatic heterocycles. The molecule has 27 heavy (non-hydrogen) atoms. The second kappa shape index (κ2) is 12.5. The summed E-state index contributed by atoms with van der Waals surface area (Å²) >= 11 is 2.00. The van der Waals surface area contributed by atoms with Crippen LogP contribution in [0.4, 0.5) is 8.78 Å². The van der Waals surface area contributed by atoms with Gasteiger partial charge < -0.3 is 20.1 Å². The third-order valence-corrected chi connectivity index (χ3v) is 5.52. The molecule has 1 aromatic rings. The zero-order chi connectivity index (χ0) is 18.9. The highest BCUT2D eigenvalue weighted by atomic mass is 127. The molecule has 1 aliphatic carbocycles. The molecule has 5 nitrogen and oxygen atoms in total. The molecule has 0 saturated heterocycles. The Morgan fingerprint density at radius 2 is 2.15 bits per heavy atom. The zero-order valence-corrected chi connectivity index (χ0v) is 19.0. The van der Waals surface area contributed by atoms with Crippen LogP contribution in [0.1, 0.15) is 31.7 Å². The van der Waals surface area contributed by atoms with Crippen molar-refractivity contribution in [3.8, 4) is 11.5 Å². The van der Waals surface area contributed by atoms with Crippen LogP contribution in [0, 0.1) is 0 Å². The first kappa shape index (κ1) is 24.1. The highest BCUT2D eigenvalue weighted by Gasteiger charge is 2.25. The first-order chi connectivity index (χ1) is 12.5. The lowest BCUT2D eigenvalue weighted by molar-refractivity contribution is -0.0505. The number of aliphatic imine (C=N–C) groups is 1. The summed E-state index contributed by atoms with van der Waals surface area (Å²) in [4.78, 5) is 4.24. The van der Waals surface area contributed by atoms with Crippen molar-refractivity contribution in [1.29, 1.82) is 0 Å². The predicted octanol–water partition coefficient (Wildman–Crippen LogP) is 4.25. The Morgan fingerprint density at radius 1 is 1.37 bits per heavy atom. The average molecular weight is 515 g/mol. The molecule has 0 amide bonds. The molecule has 2 atom stereocenters. The number of benzene rings is 1. The minimum Gasteiger partial charge on any atom is -0.497 e. The Hall–Kier alpha value is -0.970. The molecule has 154 valence electrons. The van der Waals surface area contributed by atoms with Crippen molar-refractivity contribution in [2.75, 3.05) is 19.9 Å². The van der Waals surface area contributed by atoms with Crippen LogP contribution in [0.15, 0.2) is 23.2 Å². The number of thioether (sulfide) groups is 1. The lowest BCUT2D eigenvalue weighted by Crippen LogP contribution is -2.42. The molecule has 2 unspecified atom stereocenters. The molecule has 1 fully saturated rings. The van der Waals surface area contributed by atoms with E-state index in [1.165, 1.54) is 19.6 Å². The summed E-state index contributed by atoms with van der Waals surface area (Å²) in [6, 6.07) is 5.27. The smallest absolute Gasteiger partial charge is 0.387 e. The summed E-state index contributed by atoms with van der Waals surface area (Å²) < 4.78 is 35.0. The van der Waals surface area contributed by atoms with Crippen molar-refractivity contribution in [2.45, 2.75) is 50.6 Å². The lowest BCUT2D eigenvalue weighted by Gasteiger charge is -2.18. The predicted molar refractivity (Wildman–Crippen MR) is 118 cm³/mol.